The van der Waals surface area contributed by atoms with Gasteiger partial charge < -0.3 is 10.5 Å². The van der Waals surface area contributed by atoms with Crippen LogP contribution in [0.4, 0.5) is 0 Å². The van der Waals surface area contributed by atoms with Crippen LogP contribution in [0, 0.1) is 6.92 Å². The molecule has 0 heterocycles. The minimum Gasteiger partial charge on any atom is -0.488 e. The van der Waals surface area contributed by atoms with Crippen LogP contribution >= 0.6 is 0 Å². The Morgan fingerprint density at radius 1 is 1.05 bits per heavy atom. The smallest absolute Gasteiger partial charge is 0.119 e. The minimum atomic E-state index is -0.0359. The standard InChI is InChI=1S/C17H19NO/c1-12-6-9-14(10-7-12)19-16-11-8-13-4-2-3-5-15(13)17(16)18/h2-7,9-10,16-17H,8,11,18H2,1H3. The van der Waals surface area contributed by atoms with E-state index in [0.29, 0.717) is 0 Å². The molecule has 1 aliphatic carbocycles. The predicted octanol–water partition coefficient (Wildman–Crippen LogP) is 3.39. The maximum Gasteiger partial charge on any atom is 0.119 e. The van der Waals surface area contributed by atoms with Crippen molar-refractivity contribution in [1.29, 1.82) is 0 Å². The summed E-state index contributed by atoms with van der Waals surface area (Å²) in [6.45, 7) is 2.08. The normalized spacial score (nSPS) is 21.8. The maximum atomic E-state index is 6.34. The molecule has 0 saturated heterocycles. The van der Waals surface area contributed by atoms with Gasteiger partial charge in [0.2, 0.25) is 0 Å². The first kappa shape index (κ1) is 12.2. The number of hydrogen-bond acceptors (Lipinski definition) is 2. The van der Waals surface area contributed by atoms with E-state index in [2.05, 4.69) is 37.3 Å². The zero-order valence-corrected chi connectivity index (χ0v) is 11.2. The Labute approximate surface area is 114 Å². The quantitative estimate of drug-likeness (QED) is 0.890. The van der Waals surface area contributed by atoms with Crippen molar-refractivity contribution in [2.45, 2.75) is 31.9 Å². The number of benzene rings is 2. The van der Waals surface area contributed by atoms with Crippen molar-refractivity contribution >= 4 is 0 Å². The van der Waals surface area contributed by atoms with Gasteiger partial charge in [0, 0.05) is 0 Å². The third-order valence-electron chi connectivity index (χ3n) is 3.82. The van der Waals surface area contributed by atoms with Gasteiger partial charge in [-0.3, -0.25) is 0 Å². The van der Waals surface area contributed by atoms with E-state index in [1.165, 1.54) is 16.7 Å². The van der Waals surface area contributed by atoms with Crippen molar-refractivity contribution in [3.05, 3.63) is 65.2 Å². The van der Waals surface area contributed by atoms with E-state index in [4.69, 9.17) is 10.5 Å². The molecule has 2 aromatic carbocycles. The Kier molecular flexibility index (Phi) is 3.26. The van der Waals surface area contributed by atoms with Crippen molar-refractivity contribution in [2.75, 3.05) is 0 Å². The fourth-order valence-electron chi connectivity index (χ4n) is 2.69. The Morgan fingerprint density at radius 2 is 1.79 bits per heavy atom. The highest BCUT2D eigenvalue weighted by Gasteiger charge is 2.27. The van der Waals surface area contributed by atoms with Crippen molar-refractivity contribution in [2.24, 2.45) is 5.73 Å². The molecule has 0 aliphatic heterocycles. The van der Waals surface area contributed by atoms with Crippen molar-refractivity contribution in [1.82, 2.24) is 0 Å². The largest absolute Gasteiger partial charge is 0.488 e. The second-order valence-corrected chi connectivity index (χ2v) is 5.23. The molecule has 0 saturated carbocycles. The highest BCUT2D eigenvalue weighted by Crippen LogP contribution is 2.31. The highest BCUT2D eigenvalue weighted by atomic mass is 16.5. The molecular weight excluding hydrogens is 234 g/mol. The Balaban J connectivity index is 1.79. The lowest BCUT2D eigenvalue weighted by Crippen LogP contribution is -2.35. The van der Waals surface area contributed by atoms with Gasteiger partial charge in [-0.25, -0.2) is 0 Å². The number of nitrogens with two attached hydrogens (primary N) is 1. The molecule has 0 spiro atoms. The molecule has 0 aromatic heterocycles. The van der Waals surface area contributed by atoms with Crippen LogP contribution in [0.25, 0.3) is 0 Å². The number of fused-ring (bicyclic) bond motifs is 1. The van der Waals surface area contributed by atoms with E-state index in [-0.39, 0.29) is 12.1 Å². The lowest BCUT2D eigenvalue weighted by Gasteiger charge is -2.31. The van der Waals surface area contributed by atoms with E-state index in [1.807, 2.05) is 18.2 Å². The summed E-state index contributed by atoms with van der Waals surface area (Å²) in [4.78, 5) is 0. The van der Waals surface area contributed by atoms with Crippen LogP contribution in [-0.2, 0) is 6.42 Å². The summed E-state index contributed by atoms with van der Waals surface area (Å²) >= 11 is 0. The Hall–Kier alpha value is -1.80. The number of aryl methyl sites for hydroxylation is 2. The van der Waals surface area contributed by atoms with Crippen LogP contribution in [-0.4, -0.2) is 6.10 Å². The first-order valence-electron chi connectivity index (χ1n) is 6.81. The number of hydrogen-bond donors (Lipinski definition) is 1. The molecular formula is C17H19NO. The predicted molar refractivity (Wildman–Crippen MR) is 77.3 cm³/mol. The van der Waals surface area contributed by atoms with Gasteiger partial charge in [-0.15, -0.1) is 0 Å². The third-order valence-corrected chi connectivity index (χ3v) is 3.82. The van der Waals surface area contributed by atoms with Crippen LogP contribution in [0.2, 0.25) is 0 Å². The van der Waals surface area contributed by atoms with Gasteiger partial charge in [0.1, 0.15) is 11.9 Å². The zero-order valence-electron chi connectivity index (χ0n) is 11.2. The first-order valence-corrected chi connectivity index (χ1v) is 6.81. The van der Waals surface area contributed by atoms with Crippen LogP contribution in [0.15, 0.2) is 48.5 Å². The van der Waals surface area contributed by atoms with E-state index in [0.717, 1.165) is 18.6 Å². The van der Waals surface area contributed by atoms with Gasteiger partial charge >= 0.3 is 0 Å². The molecule has 2 heteroatoms. The minimum absolute atomic E-state index is 0.0359. The summed E-state index contributed by atoms with van der Waals surface area (Å²) in [5.74, 6) is 0.908. The monoisotopic (exact) mass is 253 g/mol. The lowest BCUT2D eigenvalue weighted by atomic mass is 9.86. The number of ether oxygens (including phenoxy) is 1. The molecule has 0 bridgehead atoms. The SMILES string of the molecule is Cc1ccc(OC2CCc3ccccc3C2N)cc1. The van der Waals surface area contributed by atoms with E-state index >= 15 is 0 Å². The van der Waals surface area contributed by atoms with E-state index in [9.17, 15) is 0 Å². The van der Waals surface area contributed by atoms with Crippen LogP contribution in [0.1, 0.15) is 29.2 Å². The second-order valence-electron chi connectivity index (χ2n) is 5.23. The third kappa shape index (κ3) is 2.49. The van der Waals surface area contributed by atoms with E-state index < -0.39 is 0 Å². The summed E-state index contributed by atoms with van der Waals surface area (Å²) in [7, 11) is 0. The summed E-state index contributed by atoms with van der Waals surface area (Å²) in [6.07, 6.45) is 2.09. The fourth-order valence-corrected chi connectivity index (χ4v) is 2.69. The molecule has 0 radical (unpaired) electrons. The molecule has 2 unspecified atom stereocenters. The number of rotatable bonds is 2. The summed E-state index contributed by atoms with van der Waals surface area (Å²) in [6, 6.07) is 16.5. The van der Waals surface area contributed by atoms with Crippen molar-refractivity contribution in [3.8, 4) is 5.75 Å². The molecule has 2 nitrogen and oxygen atoms in total. The molecule has 1 aliphatic rings. The average Bonchev–Trinajstić information content (AvgIpc) is 2.45. The summed E-state index contributed by atoms with van der Waals surface area (Å²) < 4.78 is 6.05. The topological polar surface area (TPSA) is 35.2 Å². The molecule has 3 rings (SSSR count). The zero-order chi connectivity index (χ0) is 13.2. The second kappa shape index (κ2) is 5.06. The molecule has 2 atom stereocenters. The average molecular weight is 253 g/mol. The molecule has 0 fully saturated rings. The van der Waals surface area contributed by atoms with Gasteiger partial charge in [-0.05, 0) is 43.0 Å². The molecule has 98 valence electrons. The highest BCUT2D eigenvalue weighted by molar-refractivity contribution is 5.34. The van der Waals surface area contributed by atoms with Crippen molar-refractivity contribution < 1.29 is 4.74 Å². The van der Waals surface area contributed by atoms with Gasteiger partial charge in [0.05, 0.1) is 6.04 Å². The van der Waals surface area contributed by atoms with Crippen LogP contribution in [0.5, 0.6) is 5.75 Å². The molecule has 0 amide bonds. The van der Waals surface area contributed by atoms with Gasteiger partial charge in [-0.2, -0.15) is 0 Å². The molecule has 19 heavy (non-hydrogen) atoms. The fraction of sp³-hybridized carbons (Fsp3) is 0.294. The van der Waals surface area contributed by atoms with Gasteiger partial charge in [-0.1, -0.05) is 42.0 Å². The van der Waals surface area contributed by atoms with E-state index in [1.54, 1.807) is 0 Å². The van der Waals surface area contributed by atoms with Crippen LogP contribution in [0.3, 0.4) is 0 Å². The lowest BCUT2D eigenvalue weighted by molar-refractivity contribution is 0.153. The Morgan fingerprint density at radius 3 is 2.58 bits per heavy atom. The maximum absolute atomic E-state index is 6.34. The van der Waals surface area contributed by atoms with Crippen LogP contribution < -0.4 is 10.5 Å². The molecule has 2 N–H and O–H groups in total. The first-order chi connectivity index (χ1) is 9.24. The summed E-state index contributed by atoms with van der Waals surface area (Å²) in [5, 5.41) is 0. The van der Waals surface area contributed by atoms with Gasteiger partial charge in [0.15, 0.2) is 0 Å². The summed E-state index contributed by atoms with van der Waals surface area (Å²) in [5.41, 5.74) is 10.2. The molecule has 2 aromatic rings. The Bertz CT molecular complexity index is 562. The van der Waals surface area contributed by atoms with Crippen molar-refractivity contribution in [3.63, 3.8) is 0 Å². The van der Waals surface area contributed by atoms with Gasteiger partial charge in [0.25, 0.3) is 0 Å².